The highest BCUT2D eigenvalue weighted by atomic mass is 32.1. The highest BCUT2D eigenvalue weighted by Gasteiger charge is 2.15. The Labute approximate surface area is 121 Å². The van der Waals surface area contributed by atoms with E-state index in [2.05, 4.69) is 50.2 Å². The number of nitrogens with one attached hydrogen (secondary N) is 1. The molecule has 0 aliphatic rings. The van der Waals surface area contributed by atoms with Gasteiger partial charge in [0.05, 0.1) is 12.3 Å². The van der Waals surface area contributed by atoms with Crippen LogP contribution in [0.3, 0.4) is 0 Å². The number of hydrogen-bond donors (Lipinski definition) is 1. The standard InChI is InChI=1S/C14H27N3OS/c1-11(2)17(7-8-18-6)13-16-12(10-19-13)9-15-14(3,4)5/h10-11,15H,7-9H2,1-6H3. The van der Waals surface area contributed by atoms with Crippen LogP contribution in [0.5, 0.6) is 0 Å². The van der Waals surface area contributed by atoms with E-state index in [9.17, 15) is 0 Å². The molecule has 0 aliphatic carbocycles. The smallest absolute Gasteiger partial charge is 0.185 e. The van der Waals surface area contributed by atoms with Gasteiger partial charge in [0, 0.05) is 37.2 Å². The molecule has 1 heterocycles. The van der Waals surface area contributed by atoms with Crippen LogP contribution in [0.25, 0.3) is 0 Å². The van der Waals surface area contributed by atoms with Crippen molar-refractivity contribution in [2.24, 2.45) is 0 Å². The zero-order valence-electron chi connectivity index (χ0n) is 13.0. The number of anilines is 1. The summed E-state index contributed by atoms with van der Waals surface area (Å²) in [7, 11) is 1.74. The second-order valence-corrected chi connectivity index (χ2v) is 6.84. The minimum Gasteiger partial charge on any atom is -0.383 e. The normalized spacial score (nSPS) is 12.2. The summed E-state index contributed by atoms with van der Waals surface area (Å²) in [5.41, 5.74) is 1.23. The largest absolute Gasteiger partial charge is 0.383 e. The first-order valence-electron chi connectivity index (χ1n) is 6.78. The fraction of sp³-hybridized carbons (Fsp3) is 0.786. The molecule has 0 aliphatic heterocycles. The molecule has 0 atom stereocenters. The van der Waals surface area contributed by atoms with E-state index in [1.54, 1.807) is 18.4 Å². The zero-order valence-corrected chi connectivity index (χ0v) is 13.8. The number of aromatic nitrogens is 1. The Bertz CT molecular complexity index is 371. The van der Waals surface area contributed by atoms with Crippen molar-refractivity contribution >= 4 is 16.5 Å². The third kappa shape index (κ3) is 5.89. The molecule has 1 aromatic heterocycles. The van der Waals surface area contributed by atoms with Gasteiger partial charge in [-0.05, 0) is 34.6 Å². The molecule has 0 aromatic carbocycles. The lowest BCUT2D eigenvalue weighted by atomic mass is 10.1. The van der Waals surface area contributed by atoms with E-state index in [1.807, 2.05) is 0 Å². The second-order valence-electron chi connectivity index (χ2n) is 6.00. The van der Waals surface area contributed by atoms with Crippen molar-refractivity contribution in [1.29, 1.82) is 0 Å². The van der Waals surface area contributed by atoms with E-state index in [4.69, 9.17) is 9.72 Å². The molecule has 0 saturated carbocycles. The Morgan fingerprint density at radius 1 is 1.42 bits per heavy atom. The number of methoxy groups -OCH3 is 1. The monoisotopic (exact) mass is 285 g/mol. The molecule has 0 unspecified atom stereocenters. The Morgan fingerprint density at radius 2 is 2.11 bits per heavy atom. The van der Waals surface area contributed by atoms with Gasteiger partial charge in [0.25, 0.3) is 0 Å². The predicted octanol–water partition coefficient (Wildman–Crippen LogP) is 2.89. The van der Waals surface area contributed by atoms with Crippen LogP contribution in [0, 0.1) is 0 Å². The average molecular weight is 285 g/mol. The highest BCUT2D eigenvalue weighted by Crippen LogP contribution is 2.22. The molecular formula is C14H27N3OS. The molecule has 0 bridgehead atoms. The molecule has 1 aromatic rings. The average Bonchev–Trinajstić information content (AvgIpc) is 2.74. The van der Waals surface area contributed by atoms with E-state index in [1.165, 1.54) is 0 Å². The lowest BCUT2D eigenvalue weighted by Gasteiger charge is -2.25. The van der Waals surface area contributed by atoms with E-state index in [0.717, 1.165) is 30.5 Å². The van der Waals surface area contributed by atoms with Gasteiger partial charge in [-0.15, -0.1) is 11.3 Å². The molecule has 5 heteroatoms. The van der Waals surface area contributed by atoms with Crippen molar-refractivity contribution in [3.8, 4) is 0 Å². The second kappa shape index (κ2) is 7.22. The van der Waals surface area contributed by atoms with Gasteiger partial charge in [0.2, 0.25) is 0 Å². The number of ether oxygens (including phenoxy) is 1. The first kappa shape index (κ1) is 16.4. The molecule has 0 fully saturated rings. The van der Waals surface area contributed by atoms with Crippen LogP contribution < -0.4 is 10.2 Å². The van der Waals surface area contributed by atoms with E-state index < -0.39 is 0 Å². The van der Waals surface area contributed by atoms with Gasteiger partial charge in [-0.3, -0.25) is 0 Å². The van der Waals surface area contributed by atoms with Gasteiger partial charge in [0.1, 0.15) is 0 Å². The van der Waals surface area contributed by atoms with Gasteiger partial charge in [-0.25, -0.2) is 4.98 Å². The van der Waals surface area contributed by atoms with Crippen molar-refractivity contribution in [3.05, 3.63) is 11.1 Å². The topological polar surface area (TPSA) is 37.4 Å². The Kier molecular flexibility index (Phi) is 6.23. The van der Waals surface area contributed by atoms with Crippen molar-refractivity contribution < 1.29 is 4.74 Å². The Balaban J connectivity index is 2.65. The number of thiazole rings is 1. The number of nitrogens with zero attached hydrogens (tertiary/aromatic N) is 2. The highest BCUT2D eigenvalue weighted by molar-refractivity contribution is 7.13. The summed E-state index contributed by atoms with van der Waals surface area (Å²) in [6.07, 6.45) is 0. The van der Waals surface area contributed by atoms with Gasteiger partial charge in [-0.2, -0.15) is 0 Å². The van der Waals surface area contributed by atoms with Crippen LogP contribution in [0.2, 0.25) is 0 Å². The minimum absolute atomic E-state index is 0.123. The van der Waals surface area contributed by atoms with Crippen molar-refractivity contribution in [3.63, 3.8) is 0 Å². The molecule has 0 spiro atoms. The van der Waals surface area contributed by atoms with Crippen LogP contribution in [-0.2, 0) is 11.3 Å². The van der Waals surface area contributed by atoms with Gasteiger partial charge < -0.3 is 15.0 Å². The fourth-order valence-electron chi connectivity index (χ4n) is 1.63. The van der Waals surface area contributed by atoms with Crippen LogP contribution >= 0.6 is 11.3 Å². The molecule has 4 nitrogen and oxygen atoms in total. The summed E-state index contributed by atoms with van der Waals surface area (Å²) >= 11 is 1.71. The zero-order chi connectivity index (χ0) is 14.5. The summed E-state index contributed by atoms with van der Waals surface area (Å²) < 4.78 is 5.17. The minimum atomic E-state index is 0.123. The SMILES string of the molecule is COCCN(c1nc(CNC(C)(C)C)cs1)C(C)C. The summed E-state index contributed by atoms with van der Waals surface area (Å²) in [6, 6.07) is 0.435. The maximum atomic E-state index is 5.17. The predicted molar refractivity (Wildman–Crippen MR) is 83.1 cm³/mol. The summed E-state index contributed by atoms with van der Waals surface area (Å²) in [5, 5.41) is 6.68. The fourth-order valence-corrected chi connectivity index (χ4v) is 2.61. The molecule has 110 valence electrons. The maximum Gasteiger partial charge on any atom is 0.185 e. The third-order valence-electron chi connectivity index (χ3n) is 2.74. The summed E-state index contributed by atoms with van der Waals surface area (Å²) in [4.78, 5) is 7.00. The van der Waals surface area contributed by atoms with Crippen molar-refractivity contribution in [2.45, 2.75) is 52.7 Å². The lowest BCUT2D eigenvalue weighted by Crippen LogP contribution is -2.35. The molecule has 1 N–H and O–H groups in total. The van der Waals surface area contributed by atoms with Crippen molar-refractivity contribution in [1.82, 2.24) is 10.3 Å². The quantitative estimate of drug-likeness (QED) is 0.836. The molecule has 0 radical (unpaired) electrons. The van der Waals surface area contributed by atoms with Crippen LogP contribution in [-0.4, -0.2) is 36.8 Å². The molecule has 19 heavy (non-hydrogen) atoms. The lowest BCUT2D eigenvalue weighted by molar-refractivity contribution is 0.204. The summed E-state index contributed by atoms with van der Waals surface area (Å²) in [5.74, 6) is 0. The van der Waals surface area contributed by atoms with Crippen LogP contribution in [0.1, 0.15) is 40.3 Å². The molecule has 0 saturated heterocycles. The van der Waals surface area contributed by atoms with Crippen LogP contribution in [0.15, 0.2) is 5.38 Å². The first-order valence-corrected chi connectivity index (χ1v) is 7.66. The van der Waals surface area contributed by atoms with Crippen molar-refractivity contribution in [2.75, 3.05) is 25.2 Å². The Morgan fingerprint density at radius 3 is 2.63 bits per heavy atom. The van der Waals surface area contributed by atoms with E-state index in [0.29, 0.717) is 6.04 Å². The molecule has 1 rings (SSSR count). The van der Waals surface area contributed by atoms with E-state index in [-0.39, 0.29) is 5.54 Å². The molecular weight excluding hydrogens is 258 g/mol. The van der Waals surface area contributed by atoms with Gasteiger partial charge in [0.15, 0.2) is 5.13 Å². The first-order chi connectivity index (χ1) is 8.83. The third-order valence-corrected chi connectivity index (χ3v) is 3.67. The van der Waals surface area contributed by atoms with Crippen LogP contribution in [0.4, 0.5) is 5.13 Å². The Hall–Kier alpha value is -0.650. The van der Waals surface area contributed by atoms with Gasteiger partial charge in [-0.1, -0.05) is 0 Å². The number of hydrogen-bond acceptors (Lipinski definition) is 5. The van der Waals surface area contributed by atoms with E-state index >= 15 is 0 Å². The van der Waals surface area contributed by atoms with Gasteiger partial charge >= 0.3 is 0 Å². The maximum absolute atomic E-state index is 5.17. The number of rotatable bonds is 7. The molecule has 0 amide bonds. The summed E-state index contributed by atoms with van der Waals surface area (Å²) in [6.45, 7) is 13.3.